The minimum Gasteiger partial charge on any atom is -0.365 e. The van der Waals surface area contributed by atoms with Crippen molar-refractivity contribution in [2.45, 2.75) is 32.2 Å². The molecule has 2 N–H and O–H groups in total. The van der Waals surface area contributed by atoms with Crippen molar-refractivity contribution >= 4 is 17.2 Å². The van der Waals surface area contributed by atoms with Crippen LogP contribution >= 0.6 is 11.3 Å². The predicted molar refractivity (Wildman–Crippen MR) is 92.1 cm³/mol. The van der Waals surface area contributed by atoms with Crippen LogP contribution in [0.15, 0.2) is 35.7 Å². The van der Waals surface area contributed by atoms with E-state index in [-0.39, 0.29) is 5.91 Å². The molecule has 4 heteroatoms. The monoisotopic (exact) mass is 314 g/mol. The van der Waals surface area contributed by atoms with Gasteiger partial charge in [0.05, 0.1) is 4.88 Å². The number of carbonyl (C=O) groups excluding carboxylic acids is 1. The van der Waals surface area contributed by atoms with Crippen LogP contribution in [0, 0.1) is 0 Å². The molecule has 0 unspecified atom stereocenters. The second-order valence-corrected chi connectivity index (χ2v) is 6.87. The van der Waals surface area contributed by atoms with Crippen molar-refractivity contribution in [2.24, 2.45) is 5.73 Å². The van der Waals surface area contributed by atoms with Crippen LogP contribution in [0.3, 0.4) is 0 Å². The number of hydrogen-bond donors (Lipinski definition) is 1. The molecule has 1 aromatic heterocycles. The van der Waals surface area contributed by atoms with Gasteiger partial charge in [-0.2, -0.15) is 0 Å². The van der Waals surface area contributed by atoms with Gasteiger partial charge in [-0.15, -0.1) is 11.3 Å². The molecule has 0 bridgehead atoms. The Bertz CT molecular complexity index is 641. The Kier molecular flexibility index (Phi) is 4.60. The number of amides is 1. The van der Waals surface area contributed by atoms with Crippen LogP contribution in [0.4, 0.5) is 0 Å². The maximum absolute atomic E-state index is 11.2. The summed E-state index contributed by atoms with van der Waals surface area (Å²) in [6, 6.07) is 11.0. The van der Waals surface area contributed by atoms with Crippen molar-refractivity contribution in [2.75, 3.05) is 13.1 Å². The summed E-state index contributed by atoms with van der Waals surface area (Å²) in [5.41, 5.74) is 8.88. The molecule has 1 fully saturated rings. The summed E-state index contributed by atoms with van der Waals surface area (Å²) in [5, 5.41) is 1.99. The largest absolute Gasteiger partial charge is 0.365 e. The zero-order valence-electron chi connectivity index (χ0n) is 12.9. The first-order valence-corrected chi connectivity index (χ1v) is 8.76. The fourth-order valence-corrected chi connectivity index (χ4v) is 3.86. The summed E-state index contributed by atoms with van der Waals surface area (Å²) in [7, 11) is 0. The minimum absolute atomic E-state index is 0.355. The third-order valence-corrected chi connectivity index (χ3v) is 5.45. The molecule has 3 rings (SSSR count). The number of benzene rings is 1. The number of carbonyl (C=O) groups is 1. The third-order valence-electron chi connectivity index (χ3n) is 4.51. The number of rotatable bonds is 4. The van der Waals surface area contributed by atoms with E-state index in [9.17, 15) is 4.79 Å². The SMILES string of the molecule is C[C@@H](c1ccc(-c2csc(C(N)=O)c2)cc1)N1CCCCC1. The van der Waals surface area contributed by atoms with Gasteiger partial charge in [-0.3, -0.25) is 9.69 Å². The zero-order chi connectivity index (χ0) is 15.5. The topological polar surface area (TPSA) is 46.3 Å². The molecule has 0 radical (unpaired) electrons. The number of nitrogens with two attached hydrogens (primary N) is 1. The lowest BCUT2D eigenvalue weighted by Crippen LogP contribution is -2.32. The highest BCUT2D eigenvalue weighted by Gasteiger charge is 2.18. The molecular weight excluding hydrogens is 292 g/mol. The Morgan fingerprint density at radius 3 is 2.41 bits per heavy atom. The summed E-state index contributed by atoms with van der Waals surface area (Å²) >= 11 is 1.40. The van der Waals surface area contributed by atoms with E-state index in [2.05, 4.69) is 36.1 Å². The van der Waals surface area contributed by atoms with E-state index in [0.29, 0.717) is 10.9 Å². The first-order valence-electron chi connectivity index (χ1n) is 7.88. The van der Waals surface area contributed by atoms with E-state index in [1.54, 1.807) is 0 Å². The maximum Gasteiger partial charge on any atom is 0.258 e. The van der Waals surface area contributed by atoms with Gasteiger partial charge in [0, 0.05) is 6.04 Å². The Morgan fingerprint density at radius 1 is 1.14 bits per heavy atom. The normalized spacial score (nSPS) is 17.3. The Hall–Kier alpha value is -1.65. The van der Waals surface area contributed by atoms with Crippen LogP contribution in [-0.4, -0.2) is 23.9 Å². The van der Waals surface area contributed by atoms with Crippen LogP contribution in [0.25, 0.3) is 11.1 Å². The lowest BCUT2D eigenvalue weighted by Gasteiger charge is -2.32. The summed E-state index contributed by atoms with van der Waals surface area (Å²) in [5.74, 6) is -0.355. The van der Waals surface area contributed by atoms with E-state index >= 15 is 0 Å². The summed E-state index contributed by atoms with van der Waals surface area (Å²) in [6.45, 7) is 4.70. The molecule has 1 aliphatic heterocycles. The Balaban J connectivity index is 1.75. The number of likely N-dealkylation sites (tertiary alicyclic amines) is 1. The number of piperidine rings is 1. The van der Waals surface area contributed by atoms with Gasteiger partial charge in [-0.05, 0) is 61.0 Å². The number of primary amides is 1. The molecular formula is C18H22N2OS. The Labute approximate surface area is 135 Å². The molecule has 116 valence electrons. The van der Waals surface area contributed by atoms with Crippen molar-refractivity contribution in [3.63, 3.8) is 0 Å². The van der Waals surface area contributed by atoms with Gasteiger partial charge in [0.2, 0.25) is 0 Å². The molecule has 1 amide bonds. The maximum atomic E-state index is 11.2. The van der Waals surface area contributed by atoms with Crippen LogP contribution in [0.2, 0.25) is 0 Å². The number of hydrogen-bond acceptors (Lipinski definition) is 3. The second-order valence-electron chi connectivity index (χ2n) is 5.96. The van der Waals surface area contributed by atoms with Crippen LogP contribution in [0.5, 0.6) is 0 Å². The summed E-state index contributed by atoms with van der Waals surface area (Å²) in [6.07, 6.45) is 3.99. The van der Waals surface area contributed by atoms with Gasteiger partial charge in [-0.25, -0.2) is 0 Å². The predicted octanol–water partition coefficient (Wildman–Crippen LogP) is 4.06. The smallest absolute Gasteiger partial charge is 0.258 e. The standard InChI is InChI=1S/C18H22N2OS/c1-13(20-9-3-2-4-10-20)14-5-7-15(8-6-14)16-11-17(18(19)21)22-12-16/h5-8,11-13H,2-4,9-10H2,1H3,(H2,19,21)/t13-/m0/s1. The van der Waals surface area contributed by atoms with Crippen molar-refractivity contribution in [3.05, 3.63) is 46.2 Å². The minimum atomic E-state index is -0.355. The average Bonchev–Trinajstić information content (AvgIpc) is 3.05. The van der Waals surface area contributed by atoms with E-state index in [0.717, 1.165) is 11.1 Å². The van der Waals surface area contributed by atoms with E-state index in [4.69, 9.17) is 5.73 Å². The lowest BCUT2D eigenvalue weighted by molar-refractivity contribution is 0.100. The molecule has 0 spiro atoms. The molecule has 0 saturated carbocycles. The van der Waals surface area contributed by atoms with Crippen LogP contribution in [0.1, 0.15) is 47.5 Å². The van der Waals surface area contributed by atoms with Crippen LogP contribution < -0.4 is 5.73 Å². The van der Waals surface area contributed by atoms with Gasteiger partial charge in [-0.1, -0.05) is 30.7 Å². The van der Waals surface area contributed by atoms with Gasteiger partial charge >= 0.3 is 0 Å². The Morgan fingerprint density at radius 2 is 1.82 bits per heavy atom. The van der Waals surface area contributed by atoms with Gasteiger partial charge in [0.25, 0.3) is 5.91 Å². The molecule has 1 aliphatic rings. The van der Waals surface area contributed by atoms with Crippen LogP contribution in [-0.2, 0) is 0 Å². The molecule has 2 aromatic rings. The quantitative estimate of drug-likeness (QED) is 0.925. The fraction of sp³-hybridized carbons (Fsp3) is 0.389. The van der Waals surface area contributed by atoms with E-state index < -0.39 is 0 Å². The first kappa shape index (κ1) is 15.3. The lowest BCUT2D eigenvalue weighted by atomic mass is 10.0. The van der Waals surface area contributed by atoms with Gasteiger partial charge in [0.15, 0.2) is 0 Å². The second kappa shape index (κ2) is 6.63. The number of thiophene rings is 1. The molecule has 1 atom stereocenters. The molecule has 1 saturated heterocycles. The van der Waals surface area contributed by atoms with Gasteiger partial charge < -0.3 is 5.73 Å². The summed E-state index contributed by atoms with van der Waals surface area (Å²) in [4.78, 5) is 14.4. The molecule has 3 nitrogen and oxygen atoms in total. The average molecular weight is 314 g/mol. The molecule has 0 aliphatic carbocycles. The van der Waals surface area contributed by atoms with E-state index in [1.807, 2.05) is 11.4 Å². The zero-order valence-corrected chi connectivity index (χ0v) is 13.7. The molecule has 1 aromatic carbocycles. The van der Waals surface area contributed by atoms with Crippen molar-refractivity contribution in [1.82, 2.24) is 4.90 Å². The highest BCUT2D eigenvalue weighted by atomic mass is 32.1. The third kappa shape index (κ3) is 3.23. The fourth-order valence-electron chi connectivity index (χ4n) is 3.09. The van der Waals surface area contributed by atoms with Crippen molar-refractivity contribution < 1.29 is 4.79 Å². The molecule has 22 heavy (non-hydrogen) atoms. The molecule has 2 heterocycles. The highest BCUT2D eigenvalue weighted by molar-refractivity contribution is 7.12. The number of nitrogens with zero attached hydrogens (tertiary/aromatic N) is 1. The van der Waals surface area contributed by atoms with Crippen molar-refractivity contribution in [1.29, 1.82) is 0 Å². The van der Waals surface area contributed by atoms with E-state index in [1.165, 1.54) is 49.3 Å². The highest BCUT2D eigenvalue weighted by Crippen LogP contribution is 2.29. The van der Waals surface area contributed by atoms with Crippen molar-refractivity contribution in [3.8, 4) is 11.1 Å². The van der Waals surface area contributed by atoms with Gasteiger partial charge in [0.1, 0.15) is 0 Å². The summed E-state index contributed by atoms with van der Waals surface area (Å²) < 4.78 is 0. The first-order chi connectivity index (χ1) is 10.6.